The fraction of sp³-hybridized carbons (Fsp3) is 0.343. The van der Waals surface area contributed by atoms with Crippen molar-refractivity contribution in [3.05, 3.63) is 89.5 Å². The summed E-state index contributed by atoms with van der Waals surface area (Å²) < 4.78 is 6.14. The van der Waals surface area contributed by atoms with Crippen molar-refractivity contribution in [3.8, 4) is 17.5 Å². The van der Waals surface area contributed by atoms with Crippen LogP contribution in [0.5, 0.6) is 17.5 Å². The second-order valence-corrected chi connectivity index (χ2v) is 11.6. The summed E-state index contributed by atoms with van der Waals surface area (Å²) in [5.41, 5.74) is 4.45. The smallest absolute Gasteiger partial charge is 0.277 e. The minimum absolute atomic E-state index is 0.00453. The van der Waals surface area contributed by atoms with Gasteiger partial charge >= 0.3 is 0 Å². The average Bonchev–Trinajstić information content (AvgIpc) is 3.04. The Bertz CT molecular complexity index is 1570. The fourth-order valence-electron chi connectivity index (χ4n) is 5.40. The molecule has 0 atom stereocenters. The van der Waals surface area contributed by atoms with E-state index in [2.05, 4.69) is 61.5 Å². The summed E-state index contributed by atoms with van der Waals surface area (Å²) in [5.74, 6) is 0.109. The highest BCUT2D eigenvalue weighted by molar-refractivity contribution is 6.08. The quantitative estimate of drug-likeness (QED) is 0.138. The highest BCUT2D eigenvalue weighted by atomic mass is 17.2. The number of aromatic nitrogens is 2. The summed E-state index contributed by atoms with van der Waals surface area (Å²) in [5, 5.41) is 6.21. The van der Waals surface area contributed by atoms with Crippen molar-refractivity contribution in [1.29, 1.82) is 0 Å². The molecule has 11 heteroatoms. The van der Waals surface area contributed by atoms with Crippen LogP contribution in [0.4, 0.5) is 23.0 Å². The lowest BCUT2D eigenvalue weighted by atomic mass is 10.1. The molecule has 0 radical (unpaired) electrons. The van der Waals surface area contributed by atoms with Crippen molar-refractivity contribution in [2.45, 2.75) is 20.3 Å². The van der Waals surface area contributed by atoms with E-state index in [9.17, 15) is 4.79 Å². The van der Waals surface area contributed by atoms with Crippen molar-refractivity contribution < 1.29 is 19.3 Å². The number of hydrogen-bond donors (Lipinski definition) is 2. The summed E-state index contributed by atoms with van der Waals surface area (Å²) in [6, 6.07) is 23.1. The number of ether oxygens (including phenoxy) is 1. The standard InChI is InChI=1S/C35H43N7O4/c1-25-11-9-12-26(2)31(25)37-32(43)30-33(45-29-13-7-6-8-14-29)38-35(39-34(30)46-44-5)36-27-15-17-28(18-16-27)42-23-21-41(22-24-42)20-10-19-40(3)4/h6-9,11-18H,10,19-24H2,1-5H3,(H,37,43)(H,36,38,39). The molecule has 0 bridgehead atoms. The van der Waals surface area contributed by atoms with E-state index in [1.54, 1.807) is 12.1 Å². The van der Waals surface area contributed by atoms with Gasteiger partial charge in [0.2, 0.25) is 11.8 Å². The predicted molar refractivity (Wildman–Crippen MR) is 182 cm³/mol. The maximum atomic E-state index is 13.7. The molecule has 2 heterocycles. The van der Waals surface area contributed by atoms with Gasteiger partial charge in [0.05, 0.1) is 7.11 Å². The van der Waals surface area contributed by atoms with E-state index >= 15 is 0 Å². The Hall–Kier alpha value is -4.71. The molecule has 0 unspecified atom stereocenters. The van der Waals surface area contributed by atoms with Crippen LogP contribution in [-0.2, 0) is 4.89 Å². The number of carbonyl (C=O) groups excluding carboxylic acids is 1. The zero-order chi connectivity index (χ0) is 32.5. The first-order valence-corrected chi connectivity index (χ1v) is 15.5. The largest absolute Gasteiger partial charge is 0.438 e. The van der Waals surface area contributed by atoms with E-state index in [0.29, 0.717) is 11.4 Å². The van der Waals surface area contributed by atoms with Crippen LogP contribution in [0.1, 0.15) is 27.9 Å². The number of aryl methyl sites for hydroxylation is 2. The van der Waals surface area contributed by atoms with Crippen LogP contribution in [0, 0.1) is 13.8 Å². The van der Waals surface area contributed by atoms with Gasteiger partial charge in [-0.25, -0.2) is 0 Å². The molecular weight excluding hydrogens is 582 g/mol. The number of nitrogens with one attached hydrogen (secondary N) is 2. The van der Waals surface area contributed by atoms with Crippen LogP contribution in [0.2, 0.25) is 0 Å². The van der Waals surface area contributed by atoms with Crippen LogP contribution in [0.15, 0.2) is 72.8 Å². The Morgan fingerprint density at radius 1 is 0.870 bits per heavy atom. The van der Waals surface area contributed by atoms with E-state index in [-0.39, 0.29) is 23.3 Å². The minimum atomic E-state index is -0.496. The Kier molecular flexibility index (Phi) is 11.0. The van der Waals surface area contributed by atoms with Gasteiger partial charge < -0.3 is 30.1 Å². The molecular formula is C35H43N7O4. The van der Waals surface area contributed by atoms with Gasteiger partial charge in [0.1, 0.15) is 5.75 Å². The van der Waals surface area contributed by atoms with Gasteiger partial charge in [0.25, 0.3) is 11.8 Å². The first kappa shape index (κ1) is 32.7. The van der Waals surface area contributed by atoms with Gasteiger partial charge in [0, 0.05) is 43.2 Å². The number of carbonyl (C=O) groups is 1. The molecule has 1 aromatic heterocycles. The zero-order valence-electron chi connectivity index (χ0n) is 27.2. The normalized spacial score (nSPS) is 13.5. The molecule has 2 N–H and O–H groups in total. The number of nitrogens with zero attached hydrogens (tertiary/aromatic N) is 5. The number of benzene rings is 3. The molecule has 1 aliphatic rings. The molecule has 1 aliphatic heterocycles. The van der Waals surface area contributed by atoms with Crippen LogP contribution < -0.4 is 25.2 Å². The van der Waals surface area contributed by atoms with Crippen LogP contribution in [0.25, 0.3) is 0 Å². The van der Waals surface area contributed by atoms with Gasteiger partial charge in [-0.1, -0.05) is 36.4 Å². The lowest BCUT2D eigenvalue weighted by molar-refractivity contribution is -0.181. The molecule has 0 saturated carbocycles. The molecule has 1 saturated heterocycles. The summed E-state index contributed by atoms with van der Waals surface area (Å²) in [6.07, 6.45) is 1.18. The monoisotopic (exact) mass is 625 g/mol. The Balaban J connectivity index is 1.35. The highest BCUT2D eigenvalue weighted by Crippen LogP contribution is 2.33. The fourth-order valence-corrected chi connectivity index (χ4v) is 5.40. The van der Waals surface area contributed by atoms with Gasteiger partial charge in [-0.15, -0.1) is 0 Å². The number of para-hydroxylation sites is 2. The maximum absolute atomic E-state index is 13.7. The molecule has 46 heavy (non-hydrogen) atoms. The summed E-state index contributed by atoms with van der Waals surface area (Å²) >= 11 is 0. The molecule has 1 fully saturated rings. The number of amides is 1. The number of rotatable bonds is 13. The molecule has 0 aliphatic carbocycles. The Morgan fingerprint density at radius 2 is 1.54 bits per heavy atom. The van der Waals surface area contributed by atoms with E-state index in [0.717, 1.165) is 61.8 Å². The average molecular weight is 626 g/mol. The van der Waals surface area contributed by atoms with E-state index in [1.807, 2.05) is 62.4 Å². The van der Waals surface area contributed by atoms with Gasteiger partial charge in [-0.3, -0.25) is 9.69 Å². The summed E-state index contributed by atoms with van der Waals surface area (Å²) in [6.45, 7) is 10.2. The summed E-state index contributed by atoms with van der Waals surface area (Å²) in [4.78, 5) is 40.4. The van der Waals surface area contributed by atoms with Crippen molar-refractivity contribution in [1.82, 2.24) is 19.8 Å². The van der Waals surface area contributed by atoms with Crippen molar-refractivity contribution in [3.63, 3.8) is 0 Å². The van der Waals surface area contributed by atoms with Gasteiger partial charge in [-0.05, 0) is 95.0 Å². The van der Waals surface area contributed by atoms with E-state index in [4.69, 9.17) is 14.5 Å². The molecule has 5 rings (SSSR count). The molecule has 11 nitrogen and oxygen atoms in total. The van der Waals surface area contributed by atoms with Crippen molar-refractivity contribution >= 4 is 28.9 Å². The third-order valence-corrected chi connectivity index (χ3v) is 7.85. The third kappa shape index (κ3) is 8.51. The van der Waals surface area contributed by atoms with Crippen molar-refractivity contribution in [2.75, 3.05) is 76.0 Å². The number of piperazine rings is 1. The summed E-state index contributed by atoms with van der Waals surface area (Å²) in [7, 11) is 5.59. The van der Waals surface area contributed by atoms with Crippen LogP contribution in [-0.4, -0.2) is 86.1 Å². The Labute approximate surface area is 271 Å². The maximum Gasteiger partial charge on any atom is 0.277 e. The van der Waals surface area contributed by atoms with Crippen LogP contribution >= 0.6 is 0 Å². The van der Waals surface area contributed by atoms with Crippen molar-refractivity contribution in [2.24, 2.45) is 0 Å². The SMILES string of the molecule is COOc1nc(Nc2ccc(N3CCN(CCCN(C)C)CC3)cc2)nc(Oc2ccccc2)c1C(=O)Nc1c(C)cccc1C. The predicted octanol–water partition coefficient (Wildman–Crippen LogP) is 5.90. The Morgan fingerprint density at radius 3 is 2.20 bits per heavy atom. The van der Waals surface area contributed by atoms with Crippen LogP contribution in [0.3, 0.4) is 0 Å². The highest BCUT2D eigenvalue weighted by Gasteiger charge is 2.27. The number of anilines is 4. The molecule has 0 spiro atoms. The third-order valence-electron chi connectivity index (χ3n) is 7.85. The molecule has 1 amide bonds. The van der Waals surface area contributed by atoms with Gasteiger partial charge in [0.15, 0.2) is 5.56 Å². The lowest BCUT2D eigenvalue weighted by Crippen LogP contribution is -2.46. The first-order chi connectivity index (χ1) is 22.3. The topological polar surface area (TPSA) is 104 Å². The van der Waals surface area contributed by atoms with Gasteiger partial charge in [-0.2, -0.15) is 14.9 Å². The lowest BCUT2D eigenvalue weighted by Gasteiger charge is -2.36. The number of hydrogen-bond acceptors (Lipinski definition) is 10. The molecule has 4 aromatic rings. The zero-order valence-corrected chi connectivity index (χ0v) is 27.2. The second kappa shape index (κ2) is 15.5. The van der Waals surface area contributed by atoms with E-state index < -0.39 is 5.91 Å². The second-order valence-electron chi connectivity index (χ2n) is 11.6. The van der Waals surface area contributed by atoms with E-state index in [1.165, 1.54) is 13.5 Å². The first-order valence-electron chi connectivity index (χ1n) is 15.5. The molecule has 242 valence electrons. The minimum Gasteiger partial charge on any atom is -0.438 e. The molecule has 3 aromatic carbocycles.